The third kappa shape index (κ3) is 4.08. The van der Waals surface area contributed by atoms with Gasteiger partial charge in [0.2, 0.25) is 5.89 Å². The number of anilines is 2. The average Bonchev–Trinajstić information content (AvgIpc) is 3.55. The third-order valence-electron chi connectivity index (χ3n) is 7.16. The van der Waals surface area contributed by atoms with Crippen molar-refractivity contribution in [3.8, 4) is 22.6 Å². The fraction of sp³-hybridized carbons (Fsp3) is 0.114. The molecule has 0 spiro atoms. The van der Waals surface area contributed by atoms with Crippen LogP contribution in [0.15, 0.2) is 120 Å². The molecule has 0 amide bonds. The molecule has 0 saturated heterocycles. The van der Waals surface area contributed by atoms with Gasteiger partial charge in [-0.1, -0.05) is 72.8 Å². The molecule has 0 fully saturated rings. The van der Waals surface area contributed by atoms with E-state index in [1.165, 1.54) is 25.9 Å². The van der Waals surface area contributed by atoms with E-state index in [-0.39, 0.29) is 5.54 Å². The first kappa shape index (κ1) is 23.7. The predicted molar refractivity (Wildman–Crippen MR) is 166 cm³/mol. The first-order valence-electron chi connectivity index (χ1n) is 13.2. The summed E-state index contributed by atoms with van der Waals surface area (Å²) in [5.41, 5.74) is 6.92. The summed E-state index contributed by atoms with van der Waals surface area (Å²) < 4.78 is 9.04. The van der Waals surface area contributed by atoms with Crippen molar-refractivity contribution in [3.05, 3.63) is 115 Å². The van der Waals surface area contributed by atoms with Gasteiger partial charge in [0.1, 0.15) is 5.52 Å². The Morgan fingerprint density at radius 3 is 2.23 bits per heavy atom. The van der Waals surface area contributed by atoms with Crippen LogP contribution in [-0.4, -0.2) is 10.5 Å². The van der Waals surface area contributed by atoms with Gasteiger partial charge < -0.3 is 9.32 Å². The van der Waals surface area contributed by atoms with Gasteiger partial charge >= 0.3 is 0 Å². The SMILES string of the molecule is CC(C)(C)N(c1ccc2c(c1)sc1ccccc12)c1ccccc1-c1cccc2nc(-c3ccccc3)oc12. The summed E-state index contributed by atoms with van der Waals surface area (Å²) in [6.07, 6.45) is 0. The van der Waals surface area contributed by atoms with Crippen LogP contribution in [0, 0.1) is 0 Å². The van der Waals surface area contributed by atoms with Gasteiger partial charge in [-0.3, -0.25) is 0 Å². The van der Waals surface area contributed by atoms with Crippen LogP contribution in [0.3, 0.4) is 0 Å². The number of para-hydroxylation sites is 2. The number of fused-ring (bicyclic) bond motifs is 4. The van der Waals surface area contributed by atoms with Crippen molar-refractivity contribution >= 4 is 54.0 Å². The van der Waals surface area contributed by atoms with Crippen molar-refractivity contribution in [1.29, 1.82) is 0 Å². The molecular weight excluding hydrogens is 496 g/mol. The minimum Gasteiger partial charge on any atom is -0.435 e. The number of rotatable bonds is 4. The molecule has 0 atom stereocenters. The van der Waals surface area contributed by atoms with E-state index >= 15 is 0 Å². The van der Waals surface area contributed by atoms with E-state index in [2.05, 4.69) is 105 Å². The highest BCUT2D eigenvalue weighted by atomic mass is 32.1. The van der Waals surface area contributed by atoms with Crippen LogP contribution < -0.4 is 4.90 Å². The maximum atomic E-state index is 6.43. The molecule has 7 aromatic rings. The Balaban J connectivity index is 1.41. The Hall–Kier alpha value is -4.41. The van der Waals surface area contributed by atoms with Gasteiger partial charge in [0, 0.05) is 53.8 Å². The summed E-state index contributed by atoms with van der Waals surface area (Å²) in [4.78, 5) is 7.27. The lowest BCUT2D eigenvalue weighted by atomic mass is 9.97. The number of nitrogens with zero attached hydrogens (tertiary/aromatic N) is 2. The Kier molecular flexibility index (Phi) is 5.53. The smallest absolute Gasteiger partial charge is 0.227 e. The molecule has 0 saturated carbocycles. The van der Waals surface area contributed by atoms with Crippen molar-refractivity contribution in [3.63, 3.8) is 0 Å². The Morgan fingerprint density at radius 1 is 0.667 bits per heavy atom. The fourth-order valence-electron chi connectivity index (χ4n) is 5.50. The van der Waals surface area contributed by atoms with Crippen LogP contribution in [-0.2, 0) is 0 Å². The molecule has 5 aromatic carbocycles. The molecule has 7 rings (SSSR count). The molecule has 0 aliphatic rings. The summed E-state index contributed by atoms with van der Waals surface area (Å²) in [7, 11) is 0. The molecule has 0 unspecified atom stereocenters. The van der Waals surface area contributed by atoms with Gasteiger partial charge in [0.15, 0.2) is 5.58 Å². The maximum Gasteiger partial charge on any atom is 0.227 e. The van der Waals surface area contributed by atoms with E-state index in [4.69, 9.17) is 9.40 Å². The Bertz CT molecular complexity index is 1960. The Morgan fingerprint density at radius 2 is 1.38 bits per heavy atom. The first-order valence-corrected chi connectivity index (χ1v) is 14.0. The topological polar surface area (TPSA) is 29.3 Å². The van der Waals surface area contributed by atoms with Crippen molar-refractivity contribution in [2.24, 2.45) is 0 Å². The van der Waals surface area contributed by atoms with Crippen LogP contribution in [0.25, 0.3) is 53.9 Å². The summed E-state index contributed by atoms with van der Waals surface area (Å²) in [5.74, 6) is 0.637. The van der Waals surface area contributed by atoms with Crippen LogP contribution in [0.5, 0.6) is 0 Å². The number of thiophene rings is 1. The number of hydrogen-bond acceptors (Lipinski definition) is 4. The van der Waals surface area contributed by atoms with Crippen molar-refractivity contribution in [2.45, 2.75) is 26.3 Å². The number of aromatic nitrogens is 1. The molecule has 2 aromatic heterocycles. The van der Waals surface area contributed by atoms with E-state index < -0.39 is 0 Å². The van der Waals surface area contributed by atoms with Gasteiger partial charge in [-0.2, -0.15) is 0 Å². The molecule has 2 heterocycles. The largest absolute Gasteiger partial charge is 0.435 e. The number of oxazole rings is 1. The predicted octanol–water partition coefficient (Wildman–Crippen LogP) is 10.5. The highest BCUT2D eigenvalue weighted by Gasteiger charge is 2.27. The highest BCUT2D eigenvalue weighted by Crippen LogP contribution is 2.44. The van der Waals surface area contributed by atoms with Gasteiger partial charge in [0.05, 0.1) is 0 Å². The second-order valence-electron chi connectivity index (χ2n) is 10.8. The molecule has 0 radical (unpaired) electrons. The molecule has 0 N–H and O–H groups in total. The van der Waals surface area contributed by atoms with Crippen molar-refractivity contribution < 1.29 is 4.42 Å². The Labute approximate surface area is 232 Å². The lowest BCUT2D eigenvalue weighted by Crippen LogP contribution is -2.37. The zero-order valence-corrected chi connectivity index (χ0v) is 23.0. The molecule has 0 aliphatic carbocycles. The molecule has 190 valence electrons. The quantitative estimate of drug-likeness (QED) is 0.229. The van der Waals surface area contributed by atoms with Gasteiger partial charge in [-0.25, -0.2) is 4.98 Å². The fourth-order valence-corrected chi connectivity index (χ4v) is 6.64. The summed E-state index contributed by atoms with van der Waals surface area (Å²) in [5, 5.41) is 2.62. The average molecular weight is 525 g/mol. The molecule has 39 heavy (non-hydrogen) atoms. The third-order valence-corrected chi connectivity index (χ3v) is 8.30. The van der Waals surface area contributed by atoms with E-state index in [1.54, 1.807) is 0 Å². The summed E-state index contributed by atoms with van der Waals surface area (Å²) >= 11 is 1.85. The molecular formula is C35H28N2OS. The summed E-state index contributed by atoms with van der Waals surface area (Å²) in [6, 6.07) is 40.4. The molecule has 3 nitrogen and oxygen atoms in total. The van der Waals surface area contributed by atoms with Crippen LogP contribution in [0.1, 0.15) is 20.8 Å². The van der Waals surface area contributed by atoms with Gasteiger partial charge in [0.25, 0.3) is 0 Å². The minimum atomic E-state index is -0.176. The zero-order valence-electron chi connectivity index (χ0n) is 22.2. The van der Waals surface area contributed by atoms with Crippen LogP contribution >= 0.6 is 11.3 Å². The number of benzene rings is 5. The molecule has 0 bridgehead atoms. The van der Waals surface area contributed by atoms with Crippen molar-refractivity contribution in [2.75, 3.05) is 4.90 Å². The second kappa shape index (κ2) is 9.11. The monoisotopic (exact) mass is 524 g/mol. The van der Waals surface area contributed by atoms with Crippen LogP contribution in [0.2, 0.25) is 0 Å². The summed E-state index contributed by atoms with van der Waals surface area (Å²) in [6.45, 7) is 6.80. The maximum absolute atomic E-state index is 6.43. The van der Waals surface area contributed by atoms with E-state index in [0.717, 1.165) is 33.5 Å². The van der Waals surface area contributed by atoms with Gasteiger partial charge in [-0.15, -0.1) is 11.3 Å². The normalized spacial score (nSPS) is 12.0. The van der Waals surface area contributed by atoms with E-state index in [1.807, 2.05) is 47.7 Å². The van der Waals surface area contributed by atoms with Gasteiger partial charge in [-0.05, 0) is 63.2 Å². The minimum absolute atomic E-state index is 0.176. The van der Waals surface area contributed by atoms with E-state index in [9.17, 15) is 0 Å². The highest BCUT2D eigenvalue weighted by molar-refractivity contribution is 7.25. The second-order valence-corrected chi connectivity index (χ2v) is 11.9. The standard InChI is InChI=1S/C35H28N2OS/c1-35(2,3)37(24-20-21-27-26-15-8-10-19-31(26)39-32(27)22-24)30-18-9-7-14-25(30)28-16-11-17-29-33(28)38-34(36-29)23-12-5-4-6-13-23/h4-22H,1-3H3. The molecule has 0 aliphatic heterocycles. The zero-order chi connectivity index (χ0) is 26.6. The van der Waals surface area contributed by atoms with Crippen molar-refractivity contribution in [1.82, 2.24) is 4.98 Å². The lowest BCUT2D eigenvalue weighted by molar-refractivity contribution is 0.561. The molecule has 4 heteroatoms. The first-order chi connectivity index (χ1) is 19.0. The van der Waals surface area contributed by atoms with E-state index in [0.29, 0.717) is 5.89 Å². The number of hydrogen-bond donors (Lipinski definition) is 0. The lowest BCUT2D eigenvalue weighted by Gasteiger charge is -2.39. The van der Waals surface area contributed by atoms with Crippen LogP contribution in [0.4, 0.5) is 11.4 Å².